The van der Waals surface area contributed by atoms with Crippen LogP contribution >= 0.6 is 0 Å². The summed E-state index contributed by atoms with van der Waals surface area (Å²) in [5.74, 6) is 0.773. The van der Waals surface area contributed by atoms with E-state index in [-0.39, 0.29) is 23.8 Å². The van der Waals surface area contributed by atoms with Crippen LogP contribution in [-0.2, 0) is 14.8 Å². The average molecular weight is 388 g/mol. The summed E-state index contributed by atoms with van der Waals surface area (Å²) in [4.78, 5) is 14.2. The van der Waals surface area contributed by atoms with E-state index in [1.54, 1.807) is 30.1 Å². The van der Waals surface area contributed by atoms with Gasteiger partial charge in [0.05, 0.1) is 10.6 Å². The zero-order valence-corrected chi connectivity index (χ0v) is 16.5. The number of carbonyl (C=O) groups is 1. The molecule has 1 atom stereocenters. The van der Waals surface area contributed by atoms with Crippen LogP contribution in [0.25, 0.3) is 0 Å². The average Bonchev–Trinajstić information content (AvgIpc) is 2.65. The first kappa shape index (κ1) is 19.4. The van der Waals surface area contributed by atoms with Crippen molar-refractivity contribution in [2.75, 3.05) is 18.5 Å². The summed E-state index contributed by atoms with van der Waals surface area (Å²) in [5.41, 5.74) is 1.79. The predicted molar refractivity (Wildman–Crippen MR) is 105 cm³/mol. The SMILES string of the molecule is CC(C)c1ccc(S(=O)(=O)NCCC2Oc3ccccc3N(C)C2=O)cc1. The number of carbonyl (C=O) groups excluding carboxylic acids is 1. The zero-order valence-electron chi connectivity index (χ0n) is 15.7. The third kappa shape index (κ3) is 4.14. The lowest BCUT2D eigenvalue weighted by Crippen LogP contribution is -2.45. The largest absolute Gasteiger partial charge is 0.478 e. The molecule has 1 aliphatic rings. The van der Waals surface area contributed by atoms with E-state index in [0.717, 1.165) is 5.56 Å². The number of nitrogens with zero attached hydrogens (tertiary/aromatic N) is 1. The summed E-state index contributed by atoms with van der Waals surface area (Å²) in [6, 6.07) is 14.1. The second-order valence-corrected chi connectivity index (χ2v) is 8.65. The molecule has 27 heavy (non-hydrogen) atoms. The van der Waals surface area contributed by atoms with Gasteiger partial charge < -0.3 is 9.64 Å². The van der Waals surface area contributed by atoms with Gasteiger partial charge in [0.15, 0.2) is 6.10 Å². The molecule has 0 saturated heterocycles. The maximum Gasteiger partial charge on any atom is 0.267 e. The molecule has 0 aliphatic carbocycles. The fourth-order valence-corrected chi connectivity index (χ4v) is 4.04. The Morgan fingerprint density at radius 1 is 1.11 bits per heavy atom. The molecule has 0 saturated carbocycles. The molecule has 1 amide bonds. The Kier molecular flexibility index (Phi) is 5.53. The van der Waals surface area contributed by atoms with E-state index in [4.69, 9.17) is 4.74 Å². The minimum absolute atomic E-state index is 0.112. The maximum atomic E-state index is 12.5. The molecule has 0 radical (unpaired) electrons. The smallest absolute Gasteiger partial charge is 0.267 e. The summed E-state index contributed by atoms with van der Waals surface area (Å²) < 4.78 is 33.2. The highest BCUT2D eigenvalue weighted by Gasteiger charge is 2.31. The molecule has 2 aromatic carbocycles. The van der Waals surface area contributed by atoms with Crippen molar-refractivity contribution in [1.29, 1.82) is 0 Å². The lowest BCUT2D eigenvalue weighted by Gasteiger charge is -2.31. The van der Waals surface area contributed by atoms with Crippen LogP contribution in [0.5, 0.6) is 5.75 Å². The number of nitrogens with one attached hydrogen (secondary N) is 1. The van der Waals surface area contributed by atoms with Gasteiger partial charge in [0, 0.05) is 20.0 Å². The Hall–Kier alpha value is -2.38. The van der Waals surface area contributed by atoms with Crippen molar-refractivity contribution in [1.82, 2.24) is 4.72 Å². The maximum absolute atomic E-state index is 12.5. The van der Waals surface area contributed by atoms with Crippen molar-refractivity contribution < 1.29 is 17.9 Å². The first-order chi connectivity index (χ1) is 12.8. The van der Waals surface area contributed by atoms with Crippen LogP contribution in [0.2, 0.25) is 0 Å². The number of amides is 1. The minimum Gasteiger partial charge on any atom is -0.478 e. The van der Waals surface area contributed by atoms with Crippen LogP contribution in [0.15, 0.2) is 53.4 Å². The van der Waals surface area contributed by atoms with Crippen LogP contribution in [-0.4, -0.2) is 34.0 Å². The monoisotopic (exact) mass is 388 g/mol. The third-order valence-corrected chi connectivity index (χ3v) is 6.13. The molecule has 2 aromatic rings. The number of likely N-dealkylation sites (N-methyl/N-ethyl adjacent to an activating group) is 1. The highest BCUT2D eigenvalue weighted by atomic mass is 32.2. The molecule has 6 nitrogen and oxygen atoms in total. The quantitative estimate of drug-likeness (QED) is 0.826. The zero-order chi connectivity index (χ0) is 19.6. The van der Waals surface area contributed by atoms with Crippen molar-refractivity contribution >= 4 is 21.6 Å². The molecule has 0 bridgehead atoms. The lowest BCUT2D eigenvalue weighted by atomic mass is 10.0. The number of fused-ring (bicyclic) bond motifs is 1. The fraction of sp³-hybridized carbons (Fsp3) is 0.350. The molecule has 0 aromatic heterocycles. The molecule has 1 N–H and O–H groups in total. The Morgan fingerprint density at radius 2 is 1.78 bits per heavy atom. The fourth-order valence-electron chi connectivity index (χ4n) is 2.99. The number of benzene rings is 2. The van der Waals surface area contributed by atoms with Gasteiger partial charge in [-0.3, -0.25) is 4.79 Å². The summed E-state index contributed by atoms with van der Waals surface area (Å²) in [5, 5.41) is 0. The highest BCUT2D eigenvalue weighted by Crippen LogP contribution is 2.33. The van der Waals surface area contributed by atoms with Crippen LogP contribution in [0.4, 0.5) is 5.69 Å². The van der Waals surface area contributed by atoms with E-state index in [9.17, 15) is 13.2 Å². The number of rotatable bonds is 6. The van der Waals surface area contributed by atoms with Crippen molar-refractivity contribution in [2.45, 2.75) is 37.2 Å². The van der Waals surface area contributed by atoms with Gasteiger partial charge in [0.25, 0.3) is 5.91 Å². The van der Waals surface area contributed by atoms with Gasteiger partial charge in [0.2, 0.25) is 10.0 Å². The second-order valence-electron chi connectivity index (χ2n) is 6.88. The minimum atomic E-state index is -3.63. The molecule has 0 fully saturated rings. The number of sulfonamides is 1. The highest BCUT2D eigenvalue weighted by molar-refractivity contribution is 7.89. The Morgan fingerprint density at radius 3 is 2.44 bits per heavy atom. The lowest BCUT2D eigenvalue weighted by molar-refractivity contribution is -0.126. The number of hydrogen-bond acceptors (Lipinski definition) is 4. The van der Waals surface area contributed by atoms with E-state index in [1.165, 1.54) is 0 Å². The summed E-state index contributed by atoms with van der Waals surface area (Å²) in [6.45, 7) is 4.22. The van der Waals surface area contributed by atoms with E-state index in [1.807, 2.05) is 30.3 Å². The first-order valence-electron chi connectivity index (χ1n) is 8.92. The van der Waals surface area contributed by atoms with Crippen molar-refractivity contribution in [3.8, 4) is 5.75 Å². The van der Waals surface area contributed by atoms with Crippen LogP contribution in [0.1, 0.15) is 31.7 Å². The first-order valence-corrected chi connectivity index (χ1v) is 10.4. The number of anilines is 1. The van der Waals surface area contributed by atoms with Gasteiger partial charge in [-0.05, 0) is 35.7 Å². The molecule has 3 rings (SSSR count). The van der Waals surface area contributed by atoms with Gasteiger partial charge in [0.1, 0.15) is 5.75 Å². The van der Waals surface area contributed by atoms with Gasteiger partial charge in [-0.25, -0.2) is 13.1 Å². The Bertz CT molecular complexity index is 923. The summed E-state index contributed by atoms with van der Waals surface area (Å²) >= 11 is 0. The van der Waals surface area contributed by atoms with Crippen LogP contribution < -0.4 is 14.4 Å². The molecule has 1 aliphatic heterocycles. The normalized spacial score (nSPS) is 17.0. The topological polar surface area (TPSA) is 75.7 Å². The van der Waals surface area contributed by atoms with Gasteiger partial charge in [-0.1, -0.05) is 38.1 Å². The van der Waals surface area contributed by atoms with Crippen molar-refractivity contribution in [2.24, 2.45) is 0 Å². The number of ether oxygens (including phenoxy) is 1. The molecule has 0 spiro atoms. The molecular weight excluding hydrogens is 364 g/mol. The summed E-state index contributed by atoms with van der Waals surface area (Å²) in [7, 11) is -1.93. The number of para-hydroxylation sites is 2. The third-order valence-electron chi connectivity index (χ3n) is 4.66. The summed E-state index contributed by atoms with van der Waals surface area (Å²) in [6.07, 6.45) is -0.461. The van der Waals surface area contributed by atoms with Crippen molar-refractivity contribution in [3.05, 3.63) is 54.1 Å². The van der Waals surface area contributed by atoms with Crippen LogP contribution in [0.3, 0.4) is 0 Å². The van der Waals surface area contributed by atoms with Gasteiger partial charge in [-0.15, -0.1) is 0 Å². The Labute approximate surface area is 160 Å². The van der Waals surface area contributed by atoms with E-state index in [0.29, 0.717) is 17.4 Å². The Balaban J connectivity index is 1.63. The predicted octanol–water partition coefficient (Wildman–Crippen LogP) is 2.90. The number of hydrogen-bond donors (Lipinski definition) is 1. The van der Waals surface area contributed by atoms with Gasteiger partial charge >= 0.3 is 0 Å². The molecular formula is C20H24N2O4S. The van der Waals surface area contributed by atoms with Gasteiger partial charge in [-0.2, -0.15) is 0 Å². The van der Waals surface area contributed by atoms with Crippen molar-refractivity contribution in [3.63, 3.8) is 0 Å². The molecule has 7 heteroatoms. The van der Waals surface area contributed by atoms with E-state index in [2.05, 4.69) is 18.6 Å². The van der Waals surface area contributed by atoms with E-state index >= 15 is 0 Å². The second kappa shape index (κ2) is 7.70. The molecule has 1 unspecified atom stereocenters. The van der Waals surface area contributed by atoms with Crippen LogP contribution in [0, 0.1) is 0 Å². The van der Waals surface area contributed by atoms with E-state index < -0.39 is 16.1 Å². The standard InChI is InChI=1S/C20H24N2O4S/c1-14(2)15-8-10-16(11-9-15)27(24,25)21-13-12-19-20(23)22(3)17-6-4-5-7-18(17)26-19/h4-11,14,19,21H,12-13H2,1-3H3. The molecule has 144 valence electrons. The molecule has 1 heterocycles.